The minimum atomic E-state index is -3.98. The molecule has 198 valence electrons. The fourth-order valence-corrected chi connectivity index (χ4v) is 5.08. The van der Waals surface area contributed by atoms with Gasteiger partial charge in [-0.05, 0) is 63.9 Å². The lowest BCUT2D eigenvalue weighted by molar-refractivity contribution is -0.00299. The highest BCUT2D eigenvalue weighted by Crippen LogP contribution is 2.30. The number of hydrogen-bond donors (Lipinski definition) is 1. The van der Waals surface area contributed by atoms with Crippen molar-refractivity contribution in [3.8, 4) is 5.75 Å². The number of halogens is 2. The van der Waals surface area contributed by atoms with E-state index in [4.69, 9.17) is 26.2 Å². The second-order valence-electron chi connectivity index (χ2n) is 10.0. The summed E-state index contributed by atoms with van der Waals surface area (Å²) in [5.41, 5.74) is 0.548. The first-order valence-corrected chi connectivity index (χ1v) is 13.5. The number of nitrogens with two attached hydrogens (primary N) is 1. The molecule has 36 heavy (non-hydrogen) atoms. The summed E-state index contributed by atoms with van der Waals surface area (Å²) in [6, 6.07) is 8.92. The van der Waals surface area contributed by atoms with E-state index in [1.165, 1.54) is 24.3 Å². The van der Waals surface area contributed by atoms with E-state index in [2.05, 4.69) is 4.90 Å². The quantitative estimate of drug-likeness (QED) is 0.578. The molecule has 1 unspecified atom stereocenters. The molecule has 1 heterocycles. The number of benzene rings is 2. The Morgan fingerprint density at radius 2 is 1.92 bits per heavy atom. The maximum Gasteiger partial charge on any atom is 0.410 e. The minimum Gasteiger partial charge on any atom is -0.484 e. The van der Waals surface area contributed by atoms with Gasteiger partial charge in [-0.2, -0.15) is 0 Å². The fraction of sp³-hybridized carbons (Fsp3) is 0.480. The van der Waals surface area contributed by atoms with Crippen LogP contribution in [0, 0.1) is 12.7 Å². The molecule has 0 aromatic heterocycles. The van der Waals surface area contributed by atoms with Gasteiger partial charge in [0.1, 0.15) is 28.2 Å². The Bertz CT molecular complexity index is 1220. The Morgan fingerprint density at radius 1 is 1.22 bits per heavy atom. The molecule has 8 nitrogen and oxygen atoms in total. The SMILES string of the molecule is Cc1ccc(C(CN2CCN(C(=O)OC(C)(C)C)[C@H](C)C2)Oc2ccc(S(N)(=O)=O)c(Cl)c2)cc1F. The average molecular weight is 542 g/mol. The summed E-state index contributed by atoms with van der Waals surface area (Å²) in [6.45, 7) is 11.1. The van der Waals surface area contributed by atoms with Crippen LogP contribution in [0.25, 0.3) is 0 Å². The molecule has 1 saturated heterocycles. The molecule has 1 amide bonds. The van der Waals surface area contributed by atoms with Crippen molar-refractivity contribution in [1.29, 1.82) is 0 Å². The number of hydrogen-bond acceptors (Lipinski definition) is 6. The van der Waals surface area contributed by atoms with Crippen molar-refractivity contribution in [2.45, 2.75) is 57.3 Å². The van der Waals surface area contributed by atoms with E-state index in [0.29, 0.717) is 43.1 Å². The van der Waals surface area contributed by atoms with Crippen molar-refractivity contribution in [3.63, 3.8) is 0 Å². The van der Waals surface area contributed by atoms with Crippen molar-refractivity contribution < 1.29 is 27.1 Å². The number of primary sulfonamides is 1. The van der Waals surface area contributed by atoms with Crippen LogP contribution in [0.2, 0.25) is 5.02 Å². The highest BCUT2D eigenvalue weighted by molar-refractivity contribution is 7.89. The zero-order chi connectivity index (χ0) is 26.8. The zero-order valence-electron chi connectivity index (χ0n) is 21.1. The molecule has 0 bridgehead atoms. The summed E-state index contributed by atoms with van der Waals surface area (Å²) in [5, 5.41) is 5.13. The lowest BCUT2D eigenvalue weighted by Gasteiger charge is -2.41. The van der Waals surface area contributed by atoms with Crippen LogP contribution >= 0.6 is 11.6 Å². The molecule has 2 N–H and O–H groups in total. The Hall–Kier alpha value is -2.40. The summed E-state index contributed by atoms with van der Waals surface area (Å²) in [5.74, 6) is -0.0364. The van der Waals surface area contributed by atoms with E-state index in [1.807, 2.05) is 27.7 Å². The number of rotatable bonds is 6. The molecule has 3 rings (SSSR count). The van der Waals surface area contributed by atoms with Gasteiger partial charge in [-0.25, -0.2) is 22.7 Å². The monoisotopic (exact) mass is 541 g/mol. The molecule has 0 aliphatic carbocycles. The molecular weight excluding hydrogens is 509 g/mol. The van der Waals surface area contributed by atoms with Gasteiger partial charge >= 0.3 is 6.09 Å². The third-order valence-corrected chi connectivity index (χ3v) is 7.21. The summed E-state index contributed by atoms with van der Waals surface area (Å²) in [4.78, 5) is 16.2. The van der Waals surface area contributed by atoms with Crippen molar-refractivity contribution in [3.05, 3.63) is 58.4 Å². The number of carbonyl (C=O) groups excluding carboxylic acids is 1. The lowest BCUT2D eigenvalue weighted by Crippen LogP contribution is -2.55. The van der Waals surface area contributed by atoms with Gasteiger partial charge in [-0.15, -0.1) is 0 Å². The number of ether oxygens (including phenoxy) is 2. The Morgan fingerprint density at radius 3 is 2.47 bits per heavy atom. The zero-order valence-corrected chi connectivity index (χ0v) is 22.7. The smallest absolute Gasteiger partial charge is 0.410 e. The summed E-state index contributed by atoms with van der Waals surface area (Å²) >= 11 is 6.13. The van der Waals surface area contributed by atoms with Crippen molar-refractivity contribution >= 4 is 27.7 Å². The molecule has 1 fully saturated rings. The molecule has 0 saturated carbocycles. The van der Waals surface area contributed by atoms with Gasteiger partial charge < -0.3 is 14.4 Å². The maximum absolute atomic E-state index is 14.4. The average Bonchev–Trinajstić information content (AvgIpc) is 2.73. The third kappa shape index (κ3) is 7.32. The predicted octanol–water partition coefficient (Wildman–Crippen LogP) is 4.50. The molecular formula is C25H33ClFN3O5S. The third-order valence-electron chi connectivity index (χ3n) is 5.82. The second-order valence-corrected chi connectivity index (χ2v) is 12.0. The maximum atomic E-state index is 14.4. The van der Waals surface area contributed by atoms with Crippen molar-refractivity contribution in [1.82, 2.24) is 9.80 Å². The van der Waals surface area contributed by atoms with E-state index in [0.717, 1.165) is 0 Å². The Labute approximate surface area is 217 Å². The molecule has 0 radical (unpaired) electrons. The first-order chi connectivity index (χ1) is 16.6. The highest BCUT2D eigenvalue weighted by atomic mass is 35.5. The number of carbonyl (C=O) groups is 1. The standard InChI is InChI=1S/C25H33ClFN3O5S/c1-16-6-7-18(12-21(16)27)22(34-19-8-9-23(20(26)13-19)36(28,32)33)15-29-10-11-30(17(2)14-29)24(31)35-25(3,4)5/h6-9,12-13,17,22H,10-11,14-15H2,1-5H3,(H2,28,32,33)/t17-,22?/m1/s1. The molecule has 0 spiro atoms. The number of sulfonamides is 1. The van der Waals surface area contributed by atoms with Gasteiger partial charge in [0.25, 0.3) is 0 Å². The topological polar surface area (TPSA) is 102 Å². The summed E-state index contributed by atoms with van der Waals surface area (Å²) < 4.78 is 49.5. The van der Waals surface area contributed by atoms with Crippen LogP contribution in [0.3, 0.4) is 0 Å². The minimum absolute atomic E-state index is 0.0663. The van der Waals surface area contributed by atoms with Gasteiger partial charge in [0.15, 0.2) is 0 Å². The molecule has 1 aliphatic rings. The number of aryl methyl sites for hydroxylation is 1. The van der Waals surface area contributed by atoms with E-state index in [-0.39, 0.29) is 27.9 Å². The van der Waals surface area contributed by atoms with E-state index in [1.54, 1.807) is 24.0 Å². The fourth-order valence-electron chi connectivity index (χ4n) is 4.00. The van der Waals surface area contributed by atoms with Crippen LogP contribution in [0.15, 0.2) is 41.3 Å². The number of nitrogens with zero attached hydrogens (tertiary/aromatic N) is 2. The van der Waals surface area contributed by atoms with E-state index < -0.39 is 21.7 Å². The second kappa shape index (κ2) is 10.9. The van der Waals surface area contributed by atoms with Crippen LogP contribution in [-0.2, 0) is 14.8 Å². The first kappa shape index (κ1) is 28.2. The van der Waals surface area contributed by atoms with Gasteiger partial charge in [0.2, 0.25) is 10.0 Å². The lowest BCUT2D eigenvalue weighted by atomic mass is 10.0. The van der Waals surface area contributed by atoms with E-state index >= 15 is 0 Å². The van der Waals surface area contributed by atoms with Crippen LogP contribution < -0.4 is 9.88 Å². The largest absolute Gasteiger partial charge is 0.484 e. The first-order valence-electron chi connectivity index (χ1n) is 11.6. The molecule has 2 aromatic rings. The molecule has 2 atom stereocenters. The van der Waals surface area contributed by atoms with Crippen molar-refractivity contribution in [2.75, 3.05) is 26.2 Å². The summed E-state index contributed by atoms with van der Waals surface area (Å²) in [7, 11) is -3.98. The molecule has 11 heteroatoms. The van der Waals surface area contributed by atoms with Gasteiger partial charge in [-0.3, -0.25) is 4.90 Å². The molecule has 2 aromatic carbocycles. The Kier molecular flexibility index (Phi) is 8.55. The number of piperazine rings is 1. The van der Waals surface area contributed by atoms with E-state index in [9.17, 15) is 17.6 Å². The van der Waals surface area contributed by atoms with Crippen molar-refractivity contribution in [2.24, 2.45) is 5.14 Å². The predicted molar refractivity (Wildman–Crippen MR) is 136 cm³/mol. The van der Waals surface area contributed by atoms with Crippen LogP contribution in [-0.4, -0.2) is 62.1 Å². The molecule has 1 aliphatic heterocycles. The Balaban J connectivity index is 1.80. The van der Waals surface area contributed by atoms with Crippen LogP contribution in [0.4, 0.5) is 9.18 Å². The number of amides is 1. The van der Waals surface area contributed by atoms with Gasteiger partial charge in [0.05, 0.1) is 5.02 Å². The normalized spacial score (nSPS) is 18.1. The van der Waals surface area contributed by atoms with Gasteiger partial charge in [0, 0.05) is 38.3 Å². The van der Waals surface area contributed by atoms with Crippen LogP contribution in [0.1, 0.15) is 44.9 Å². The highest BCUT2D eigenvalue weighted by Gasteiger charge is 2.32. The summed E-state index contributed by atoms with van der Waals surface area (Å²) in [6.07, 6.45) is -0.940. The van der Waals surface area contributed by atoms with Gasteiger partial charge in [-0.1, -0.05) is 23.7 Å². The van der Waals surface area contributed by atoms with Crippen LogP contribution in [0.5, 0.6) is 5.75 Å².